The minimum atomic E-state index is 0.552. The summed E-state index contributed by atoms with van der Waals surface area (Å²) in [6, 6.07) is 3.13. The van der Waals surface area contributed by atoms with Gasteiger partial charge in [-0.05, 0) is 27.7 Å². The molecule has 1 aliphatic heterocycles. The van der Waals surface area contributed by atoms with Crippen molar-refractivity contribution in [3.05, 3.63) is 12.4 Å². The van der Waals surface area contributed by atoms with E-state index in [1.54, 1.807) is 6.33 Å². The Morgan fingerprint density at radius 2 is 1.86 bits per heavy atom. The molecule has 0 saturated carbocycles. The number of aromatic nitrogens is 2. The van der Waals surface area contributed by atoms with Gasteiger partial charge in [-0.25, -0.2) is 9.97 Å². The Kier molecular flexibility index (Phi) is 6.39. The van der Waals surface area contributed by atoms with E-state index in [9.17, 15) is 0 Å². The number of morpholine rings is 1. The van der Waals surface area contributed by atoms with Crippen molar-refractivity contribution in [1.82, 2.24) is 14.9 Å². The number of rotatable bonds is 7. The fourth-order valence-electron chi connectivity index (χ4n) is 2.83. The molecule has 0 radical (unpaired) electrons. The summed E-state index contributed by atoms with van der Waals surface area (Å²) in [7, 11) is 0. The SMILES string of the molecule is CC(C)N(CCNc1cc(N2CCOCC2)ncn1)C(C)C. The molecule has 0 bridgehead atoms. The van der Waals surface area contributed by atoms with E-state index in [0.29, 0.717) is 12.1 Å². The molecule has 0 amide bonds. The summed E-state index contributed by atoms with van der Waals surface area (Å²) in [5.41, 5.74) is 0. The van der Waals surface area contributed by atoms with Crippen LogP contribution in [0.3, 0.4) is 0 Å². The van der Waals surface area contributed by atoms with Crippen LogP contribution in [0.25, 0.3) is 0 Å². The summed E-state index contributed by atoms with van der Waals surface area (Å²) in [4.78, 5) is 13.4. The molecule has 2 heterocycles. The Morgan fingerprint density at radius 1 is 1.18 bits per heavy atom. The molecular formula is C16H29N5O. The van der Waals surface area contributed by atoms with Crippen LogP contribution in [0, 0.1) is 0 Å². The molecule has 0 unspecified atom stereocenters. The first kappa shape index (κ1) is 17.0. The third-order valence-electron chi connectivity index (χ3n) is 3.99. The minimum Gasteiger partial charge on any atom is -0.378 e. The highest BCUT2D eigenvalue weighted by Crippen LogP contribution is 2.15. The smallest absolute Gasteiger partial charge is 0.134 e. The minimum absolute atomic E-state index is 0.552. The number of hydrogen-bond acceptors (Lipinski definition) is 6. The van der Waals surface area contributed by atoms with E-state index >= 15 is 0 Å². The Morgan fingerprint density at radius 3 is 2.50 bits per heavy atom. The van der Waals surface area contributed by atoms with Crippen LogP contribution in [0.4, 0.5) is 11.6 Å². The first-order valence-corrected chi connectivity index (χ1v) is 8.22. The van der Waals surface area contributed by atoms with Crippen molar-refractivity contribution in [3.63, 3.8) is 0 Å². The summed E-state index contributed by atoms with van der Waals surface area (Å²) in [5.74, 6) is 1.87. The number of nitrogens with one attached hydrogen (secondary N) is 1. The fraction of sp³-hybridized carbons (Fsp3) is 0.750. The maximum atomic E-state index is 5.38. The van der Waals surface area contributed by atoms with Crippen molar-refractivity contribution in [2.75, 3.05) is 49.6 Å². The quantitative estimate of drug-likeness (QED) is 0.829. The normalized spacial score (nSPS) is 15.9. The van der Waals surface area contributed by atoms with E-state index in [1.165, 1.54) is 0 Å². The van der Waals surface area contributed by atoms with Crippen LogP contribution in [-0.2, 0) is 4.74 Å². The van der Waals surface area contributed by atoms with E-state index in [-0.39, 0.29) is 0 Å². The molecule has 1 aromatic heterocycles. The summed E-state index contributed by atoms with van der Waals surface area (Å²) in [6.07, 6.45) is 1.63. The zero-order valence-electron chi connectivity index (χ0n) is 14.2. The predicted octanol–water partition coefficient (Wildman–Crippen LogP) is 1.84. The molecule has 1 aromatic rings. The topological polar surface area (TPSA) is 53.5 Å². The maximum Gasteiger partial charge on any atom is 0.134 e. The monoisotopic (exact) mass is 307 g/mol. The van der Waals surface area contributed by atoms with Crippen molar-refractivity contribution in [3.8, 4) is 0 Å². The van der Waals surface area contributed by atoms with E-state index in [1.807, 2.05) is 6.07 Å². The lowest BCUT2D eigenvalue weighted by molar-refractivity contribution is 0.122. The second kappa shape index (κ2) is 8.29. The van der Waals surface area contributed by atoms with E-state index in [2.05, 4.69) is 52.8 Å². The Labute approximate surface area is 133 Å². The molecule has 1 fully saturated rings. The summed E-state index contributed by atoms with van der Waals surface area (Å²) < 4.78 is 5.38. The Balaban J connectivity index is 1.87. The number of nitrogens with zero attached hydrogens (tertiary/aromatic N) is 4. The molecule has 1 saturated heterocycles. The van der Waals surface area contributed by atoms with E-state index in [4.69, 9.17) is 4.74 Å². The first-order chi connectivity index (χ1) is 10.6. The zero-order chi connectivity index (χ0) is 15.9. The van der Waals surface area contributed by atoms with Gasteiger partial charge in [0.2, 0.25) is 0 Å². The van der Waals surface area contributed by atoms with Crippen LogP contribution in [0.1, 0.15) is 27.7 Å². The molecule has 0 atom stereocenters. The molecule has 2 rings (SSSR count). The van der Waals surface area contributed by atoms with Gasteiger partial charge in [0.15, 0.2) is 0 Å². The molecule has 0 aliphatic carbocycles. The molecule has 0 spiro atoms. The van der Waals surface area contributed by atoms with Gasteiger partial charge in [0, 0.05) is 44.3 Å². The number of anilines is 2. The molecular weight excluding hydrogens is 278 g/mol. The number of ether oxygens (including phenoxy) is 1. The van der Waals surface area contributed by atoms with Gasteiger partial charge in [0.05, 0.1) is 13.2 Å². The van der Waals surface area contributed by atoms with Crippen LogP contribution in [0.15, 0.2) is 12.4 Å². The number of hydrogen-bond donors (Lipinski definition) is 1. The first-order valence-electron chi connectivity index (χ1n) is 8.22. The van der Waals surface area contributed by atoms with Crippen molar-refractivity contribution < 1.29 is 4.74 Å². The van der Waals surface area contributed by atoms with Crippen molar-refractivity contribution in [1.29, 1.82) is 0 Å². The lowest BCUT2D eigenvalue weighted by Gasteiger charge is -2.30. The maximum absolute atomic E-state index is 5.38. The lowest BCUT2D eigenvalue weighted by atomic mass is 10.2. The third-order valence-corrected chi connectivity index (χ3v) is 3.99. The average molecular weight is 307 g/mol. The summed E-state index contributed by atoms with van der Waals surface area (Å²) in [5, 5.41) is 3.41. The zero-order valence-corrected chi connectivity index (χ0v) is 14.2. The van der Waals surface area contributed by atoms with Gasteiger partial charge in [-0.15, -0.1) is 0 Å². The molecule has 1 N–H and O–H groups in total. The van der Waals surface area contributed by atoms with E-state index < -0.39 is 0 Å². The third kappa shape index (κ3) is 4.81. The molecule has 0 aromatic carbocycles. The van der Waals surface area contributed by atoms with Gasteiger partial charge in [-0.1, -0.05) is 0 Å². The molecule has 1 aliphatic rings. The molecule has 6 heteroatoms. The molecule has 124 valence electrons. The summed E-state index contributed by atoms with van der Waals surface area (Å²) >= 11 is 0. The largest absolute Gasteiger partial charge is 0.378 e. The Bertz CT molecular complexity index is 438. The van der Waals surface area contributed by atoms with Crippen LogP contribution in [-0.4, -0.2) is 66.3 Å². The fourth-order valence-corrected chi connectivity index (χ4v) is 2.83. The summed E-state index contributed by atoms with van der Waals surface area (Å²) in [6.45, 7) is 14.2. The van der Waals surface area contributed by atoms with E-state index in [0.717, 1.165) is 51.0 Å². The highest BCUT2D eigenvalue weighted by molar-refractivity contribution is 5.48. The Hall–Kier alpha value is -1.40. The van der Waals surface area contributed by atoms with Crippen LogP contribution in [0.5, 0.6) is 0 Å². The van der Waals surface area contributed by atoms with Crippen molar-refractivity contribution in [2.45, 2.75) is 39.8 Å². The van der Waals surface area contributed by atoms with Gasteiger partial charge in [-0.2, -0.15) is 0 Å². The second-order valence-corrected chi connectivity index (χ2v) is 6.21. The average Bonchev–Trinajstić information content (AvgIpc) is 2.52. The molecule has 6 nitrogen and oxygen atoms in total. The van der Waals surface area contributed by atoms with Gasteiger partial charge in [0.1, 0.15) is 18.0 Å². The van der Waals surface area contributed by atoms with Crippen molar-refractivity contribution in [2.24, 2.45) is 0 Å². The van der Waals surface area contributed by atoms with Crippen LogP contribution < -0.4 is 10.2 Å². The second-order valence-electron chi connectivity index (χ2n) is 6.21. The standard InChI is InChI=1S/C16H29N5O/c1-13(2)21(14(3)4)6-5-17-15-11-16(19-12-18-15)20-7-9-22-10-8-20/h11-14H,5-10H2,1-4H3,(H,17,18,19). The molecule has 22 heavy (non-hydrogen) atoms. The lowest BCUT2D eigenvalue weighted by Crippen LogP contribution is -2.40. The van der Waals surface area contributed by atoms with Crippen molar-refractivity contribution >= 4 is 11.6 Å². The van der Waals surface area contributed by atoms with Gasteiger partial charge < -0.3 is 15.0 Å². The highest BCUT2D eigenvalue weighted by atomic mass is 16.5. The highest BCUT2D eigenvalue weighted by Gasteiger charge is 2.14. The van der Waals surface area contributed by atoms with Gasteiger partial charge in [-0.3, -0.25) is 4.90 Å². The van der Waals surface area contributed by atoms with Gasteiger partial charge in [0.25, 0.3) is 0 Å². The van der Waals surface area contributed by atoms with Gasteiger partial charge >= 0.3 is 0 Å². The van der Waals surface area contributed by atoms with Crippen LogP contribution >= 0.6 is 0 Å². The van der Waals surface area contributed by atoms with Crippen LogP contribution in [0.2, 0.25) is 0 Å². The predicted molar refractivity (Wildman–Crippen MR) is 90.5 cm³/mol.